The molecule has 1 aliphatic heterocycles. The Bertz CT molecular complexity index is 388. The fraction of sp³-hybridized carbons (Fsp3) is 0.417. The molecule has 1 aromatic carbocycles. The second-order valence-corrected chi connectivity index (χ2v) is 4.96. The van der Waals surface area contributed by atoms with Gasteiger partial charge in [-0.2, -0.15) is 0 Å². The predicted molar refractivity (Wildman–Crippen MR) is 64.9 cm³/mol. The van der Waals surface area contributed by atoms with E-state index in [9.17, 15) is 4.79 Å². The van der Waals surface area contributed by atoms with Crippen LogP contribution in [0.5, 0.6) is 0 Å². The van der Waals surface area contributed by atoms with Crippen LogP contribution in [0.2, 0.25) is 0 Å². The van der Waals surface area contributed by atoms with Crippen molar-refractivity contribution in [2.24, 2.45) is 5.92 Å². The number of nitrogens with zero attached hydrogens (tertiary/aromatic N) is 1. The Morgan fingerprint density at radius 3 is 2.94 bits per heavy atom. The van der Waals surface area contributed by atoms with Crippen LogP contribution in [0, 0.1) is 5.92 Å². The molecule has 3 nitrogen and oxygen atoms in total. The Labute approximate surface area is 104 Å². The van der Waals surface area contributed by atoms with E-state index >= 15 is 0 Å². The average Bonchev–Trinajstić information content (AvgIpc) is 2.22. The number of methoxy groups -OCH3 is 1. The minimum absolute atomic E-state index is 0.0668. The maximum absolute atomic E-state index is 11.2. The largest absolute Gasteiger partial charge is 0.469 e. The van der Waals surface area contributed by atoms with Crippen molar-refractivity contribution in [3.63, 3.8) is 0 Å². The molecule has 1 saturated heterocycles. The highest BCUT2D eigenvalue weighted by Gasteiger charge is 2.33. The summed E-state index contributed by atoms with van der Waals surface area (Å²) in [4.78, 5) is 13.4. The number of hydrogen-bond donors (Lipinski definition) is 0. The molecule has 1 aliphatic rings. The molecule has 0 aromatic heterocycles. The predicted octanol–water partition coefficient (Wildman–Crippen LogP) is 2.05. The van der Waals surface area contributed by atoms with Gasteiger partial charge in [-0.25, -0.2) is 0 Å². The molecule has 86 valence electrons. The van der Waals surface area contributed by atoms with Gasteiger partial charge in [0, 0.05) is 24.1 Å². The molecule has 1 fully saturated rings. The number of rotatable bonds is 3. The zero-order valence-electron chi connectivity index (χ0n) is 9.15. The molecule has 0 bridgehead atoms. The van der Waals surface area contributed by atoms with Crippen molar-refractivity contribution in [1.29, 1.82) is 0 Å². The van der Waals surface area contributed by atoms with Gasteiger partial charge in [-0.3, -0.25) is 9.69 Å². The number of carbonyl (C=O) groups is 1. The summed E-state index contributed by atoms with van der Waals surface area (Å²) in [7, 11) is 1.44. The van der Waals surface area contributed by atoms with Gasteiger partial charge in [-0.1, -0.05) is 28.1 Å². The van der Waals surface area contributed by atoms with E-state index in [1.54, 1.807) is 0 Å². The second kappa shape index (κ2) is 4.97. The Morgan fingerprint density at radius 2 is 2.31 bits per heavy atom. The van der Waals surface area contributed by atoms with Crippen molar-refractivity contribution in [2.45, 2.75) is 6.54 Å². The molecular formula is C12H14BrNO2. The van der Waals surface area contributed by atoms with E-state index in [2.05, 4.69) is 33.0 Å². The van der Waals surface area contributed by atoms with E-state index in [1.807, 2.05) is 12.1 Å². The summed E-state index contributed by atoms with van der Waals surface area (Å²) >= 11 is 3.45. The lowest BCUT2D eigenvalue weighted by Gasteiger charge is -2.37. The molecule has 16 heavy (non-hydrogen) atoms. The third-order valence-corrected chi connectivity index (χ3v) is 3.28. The molecular weight excluding hydrogens is 270 g/mol. The first-order chi connectivity index (χ1) is 7.69. The number of carbonyl (C=O) groups excluding carboxylic acids is 1. The summed E-state index contributed by atoms with van der Waals surface area (Å²) in [5.41, 5.74) is 1.26. The highest BCUT2D eigenvalue weighted by Crippen LogP contribution is 2.21. The van der Waals surface area contributed by atoms with Crippen LogP contribution in [0.25, 0.3) is 0 Å². The van der Waals surface area contributed by atoms with E-state index < -0.39 is 0 Å². The first kappa shape index (κ1) is 11.6. The van der Waals surface area contributed by atoms with Gasteiger partial charge in [0.1, 0.15) is 0 Å². The molecule has 0 saturated carbocycles. The van der Waals surface area contributed by atoms with Crippen LogP contribution in [0.3, 0.4) is 0 Å². The lowest BCUT2D eigenvalue weighted by molar-refractivity contribution is -0.151. The molecule has 4 heteroatoms. The molecule has 1 aromatic rings. The lowest BCUT2D eigenvalue weighted by atomic mass is 9.99. The van der Waals surface area contributed by atoms with Crippen LogP contribution in [-0.2, 0) is 16.1 Å². The fourth-order valence-electron chi connectivity index (χ4n) is 1.91. The normalized spacial score (nSPS) is 16.9. The van der Waals surface area contributed by atoms with Crippen LogP contribution < -0.4 is 0 Å². The van der Waals surface area contributed by atoms with Crippen molar-refractivity contribution >= 4 is 21.9 Å². The summed E-state index contributed by atoms with van der Waals surface area (Å²) < 4.78 is 5.79. The number of benzene rings is 1. The van der Waals surface area contributed by atoms with Gasteiger partial charge in [0.25, 0.3) is 0 Å². The Kier molecular flexibility index (Phi) is 3.61. The van der Waals surface area contributed by atoms with E-state index in [0.29, 0.717) is 0 Å². The van der Waals surface area contributed by atoms with Crippen LogP contribution in [-0.4, -0.2) is 31.1 Å². The summed E-state index contributed by atoms with van der Waals surface area (Å²) in [5.74, 6) is -0.0253. The first-order valence-corrected chi connectivity index (χ1v) is 6.03. The van der Waals surface area contributed by atoms with E-state index in [0.717, 1.165) is 24.1 Å². The van der Waals surface area contributed by atoms with Gasteiger partial charge in [0.05, 0.1) is 13.0 Å². The molecule has 0 atom stereocenters. The van der Waals surface area contributed by atoms with Crippen molar-refractivity contribution in [3.05, 3.63) is 34.3 Å². The summed E-state index contributed by atoms with van der Waals surface area (Å²) in [6.07, 6.45) is 0. The van der Waals surface area contributed by atoms with Crippen molar-refractivity contribution in [1.82, 2.24) is 4.90 Å². The van der Waals surface area contributed by atoms with Gasteiger partial charge in [-0.05, 0) is 17.7 Å². The van der Waals surface area contributed by atoms with Crippen molar-refractivity contribution < 1.29 is 9.53 Å². The highest BCUT2D eigenvalue weighted by molar-refractivity contribution is 9.10. The Balaban J connectivity index is 1.84. The fourth-order valence-corrected chi connectivity index (χ4v) is 2.35. The van der Waals surface area contributed by atoms with Gasteiger partial charge in [0.15, 0.2) is 0 Å². The van der Waals surface area contributed by atoms with Crippen molar-refractivity contribution in [3.8, 4) is 0 Å². The van der Waals surface area contributed by atoms with Crippen LogP contribution in [0.1, 0.15) is 5.56 Å². The van der Waals surface area contributed by atoms with E-state index in [-0.39, 0.29) is 11.9 Å². The first-order valence-electron chi connectivity index (χ1n) is 5.23. The SMILES string of the molecule is COC(=O)C1CN(Cc2cccc(Br)c2)C1. The molecule has 0 N–H and O–H groups in total. The third-order valence-electron chi connectivity index (χ3n) is 2.79. The molecule has 2 rings (SSSR count). The zero-order valence-corrected chi connectivity index (χ0v) is 10.7. The molecule has 1 heterocycles. The molecule has 0 radical (unpaired) electrons. The van der Waals surface area contributed by atoms with Crippen molar-refractivity contribution in [2.75, 3.05) is 20.2 Å². The van der Waals surface area contributed by atoms with Gasteiger partial charge in [-0.15, -0.1) is 0 Å². The number of ether oxygens (including phenoxy) is 1. The quantitative estimate of drug-likeness (QED) is 0.796. The monoisotopic (exact) mass is 283 g/mol. The summed E-state index contributed by atoms with van der Waals surface area (Å²) in [5, 5.41) is 0. The second-order valence-electron chi connectivity index (χ2n) is 4.04. The molecule has 0 aliphatic carbocycles. The van der Waals surface area contributed by atoms with Gasteiger partial charge < -0.3 is 4.74 Å². The number of esters is 1. The minimum Gasteiger partial charge on any atom is -0.469 e. The molecule has 0 spiro atoms. The Morgan fingerprint density at radius 1 is 1.56 bits per heavy atom. The maximum Gasteiger partial charge on any atom is 0.311 e. The number of likely N-dealkylation sites (tertiary alicyclic amines) is 1. The summed E-state index contributed by atoms with van der Waals surface area (Å²) in [6.45, 7) is 2.51. The molecule has 0 unspecified atom stereocenters. The average molecular weight is 284 g/mol. The standard InChI is InChI=1S/C12H14BrNO2/c1-16-12(15)10-7-14(8-10)6-9-3-2-4-11(13)5-9/h2-5,10H,6-8H2,1H3. The number of hydrogen-bond acceptors (Lipinski definition) is 3. The summed E-state index contributed by atoms with van der Waals surface area (Å²) in [6, 6.07) is 8.23. The highest BCUT2D eigenvalue weighted by atomic mass is 79.9. The van der Waals surface area contributed by atoms with Gasteiger partial charge in [0.2, 0.25) is 0 Å². The van der Waals surface area contributed by atoms with Crippen LogP contribution in [0.4, 0.5) is 0 Å². The van der Waals surface area contributed by atoms with E-state index in [1.165, 1.54) is 12.7 Å². The van der Waals surface area contributed by atoms with Crippen LogP contribution >= 0.6 is 15.9 Å². The Hall–Kier alpha value is -0.870. The maximum atomic E-state index is 11.2. The van der Waals surface area contributed by atoms with E-state index in [4.69, 9.17) is 4.74 Å². The van der Waals surface area contributed by atoms with Crippen LogP contribution in [0.15, 0.2) is 28.7 Å². The smallest absolute Gasteiger partial charge is 0.311 e. The minimum atomic E-state index is -0.0921. The zero-order chi connectivity index (χ0) is 11.5. The number of halogens is 1. The third kappa shape index (κ3) is 2.62. The molecule has 0 amide bonds. The topological polar surface area (TPSA) is 29.5 Å². The van der Waals surface area contributed by atoms with Gasteiger partial charge >= 0.3 is 5.97 Å². The lowest BCUT2D eigenvalue weighted by Crippen LogP contribution is -2.49.